The van der Waals surface area contributed by atoms with E-state index in [0.717, 1.165) is 17.3 Å². The molecule has 2 heterocycles. The Morgan fingerprint density at radius 1 is 1.33 bits per heavy atom. The molecule has 0 unspecified atom stereocenters. The molecule has 1 aromatic rings. The normalized spacial score (nSPS) is 22.2. The van der Waals surface area contributed by atoms with Crippen molar-refractivity contribution in [1.82, 2.24) is 14.9 Å². The van der Waals surface area contributed by atoms with Crippen LogP contribution in [0.25, 0.3) is 0 Å². The molecule has 116 valence electrons. The van der Waals surface area contributed by atoms with Crippen molar-refractivity contribution in [3.8, 4) is 0 Å². The highest BCUT2D eigenvalue weighted by Crippen LogP contribution is 2.12. The van der Waals surface area contributed by atoms with Gasteiger partial charge in [0.15, 0.2) is 0 Å². The molecule has 0 bridgehead atoms. The van der Waals surface area contributed by atoms with Gasteiger partial charge in [-0.25, -0.2) is 9.97 Å². The molecular weight excluding hydrogens is 268 g/mol. The number of hydrogen-bond donors (Lipinski definition) is 1. The Hall–Kier alpha value is -1.69. The highest BCUT2D eigenvalue weighted by molar-refractivity contribution is 5.76. The largest absolute Gasteiger partial charge is 0.372 e. The van der Waals surface area contributed by atoms with Gasteiger partial charge in [-0.05, 0) is 27.7 Å². The molecule has 1 aliphatic rings. The van der Waals surface area contributed by atoms with Crippen molar-refractivity contribution in [2.24, 2.45) is 0 Å². The fraction of sp³-hybridized carbons (Fsp3) is 0.667. The number of aryl methyl sites for hydroxylation is 2. The van der Waals surface area contributed by atoms with Gasteiger partial charge in [-0.3, -0.25) is 4.79 Å². The predicted octanol–water partition coefficient (Wildman–Crippen LogP) is 1.53. The Morgan fingerprint density at radius 3 is 2.62 bits per heavy atom. The molecule has 0 aliphatic carbocycles. The summed E-state index contributed by atoms with van der Waals surface area (Å²) in [6, 6.07) is 1.89. The molecule has 0 spiro atoms. The fourth-order valence-corrected chi connectivity index (χ4v) is 2.64. The minimum atomic E-state index is 0.109. The Bertz CT molecular complexity index is 476. The number of anilines is 1. The number of hydrogen-bond acceptors (Lipinski definition) is 5. The first kappa shape index (κ1) is 15.7. The summed E-state index contributed by atoms with van der Waals surface area (Å²) in [7, 11) is 0. The van der Waals surface area contributed by atoms with Crippen molar-refractivity contribution in [3.05, 3.63) is 17.6 Å². The van der Waals surface area contributed by atoms with E-state index >= 15 is 0 Å². The van der Waals surface area contributed by atoms with Gasteiger partial charge in [-0.2, -0.15) is 0 Å². The maximum absolute atomic E-state index is 12.2. The first-order chi connectivity index (χ1) is 9.94. The van der Waals surface area contributed by atoms with Crippen LogP contribution in [0, 0.1) is 13.8 Å². The SMILES string of the molecule is Cc1cc(NCCC(=O)N2C[C@H](C)O[C@@H](C)C2)nc(C)n1. The minimum Gasteiger partial charge on any atom is -0.372 e. The lowest BCUT2D eigenvalue weighted by atomic mass is 10.2. The maximum Gasteiger partial charge on any atom is 0.224 e. The Kier molecular flexibility index (Phi) is 5.12. The number of rotatable bonds is 4. The van der Waals surface area contributed by atoms with Crippen LogP contribution in [0.5, 0.6) is 0 Å². The van der Waals surface area contributed by atoms with Crippen LogP contribution in [-0.2, 0) is 9.53 Å². The van der Waals surface area contributed by atoms with Gasteiger partial charge in [0.05, 0.1) is 12.2 Å². The number of ether oxygens (including phenoxy) is 1. The third kappa shape index (κ3) is 4.67. The number of carbonyl (C=O) groups is 1. The van der Waals surface area contributed by atoms with E-state index in [9.17, 15) is 4.79 Å². The highest BCUT2D eigenvalue weighted by atomic mass is 16.5. The van der Waals surface area contributed by atoms with E-state index in [-0.39, 0.29) is 18.1 Å². The van der Waals surface area contributed by atoms with E-state index in [4.69, 9.17) is 4.74 Å². The topological polar surface area (TPSA) is 67.4 Å². The second kappa shape index (κ2) is 6.85. The fourth-order valence-electron chi connectivity index (χ4n) is 2.64. The van der Waals surface area contributed by atoms with Crippen molar-refractivity contribution >= 4 is 11.7 Å². The lowest BCUT2D eigenvalue weighted by Gasteiger charge is -2.35. The molecule has 1 amide bonds. The molecule has 21 heavy (non-hydrogen) atoms. The first-order valence-corrected chi connectivity index (χ1v) is 7.43. The number of carbonyl (C=O) groups excluding carboxylic acids is 1. The van der Waals surface area contributed by atoms with E-state index in [2.05, 4.69) is 15.3 Å². The van der Waals surface area contributed by atoms with Crippen LogP contribution in [0.3, 0.4) is 0 Å². The second-order valence-electron chi connectivity index (χ2n) is 5.67. The summed E-state index contributed by atoms with van der Waals surface area (Å²) >= 11 is 0. The molecule has 2 atom stereocenters. The van der Waals surface area contributed by atoms with Crippen molar-refractivity contribution < 1.29 is 9.53 Å². The number of aromatic nitrogens is 2. The average molecular weight is 292 g/mol. The first-order valence-electron chi connectivity index (χ1n) is 7.43. The van der Waals surface area contributed by atoms with E-state index < -0.39 is 0 Å². The average Bonchev–Trinajstić information content (AvgIpc) is 2.36. The van der Waals surface area contributed by atoms with E-state index in [1.807, 2.05) is 38.7 Å². The van der Waals surface area contributed by atoms with E-state index in [0.29, 0.717) is 26.1 Å². The van der Waals surface area contributed by atoms with Crippen LogP contribution in [-0.4, -0.2) is 52.6 Å². The standard InChI is InChI=1S/C15H24N4O2/c1-10-7-14(18-13(4)17-10)16-6-5-15(20)19-8-11(2)21-12(3)9-19/h7,11-12H,5-6,8-9H2,1-4H3,(H,16,17,18)/t11-,12-/m0/s1. The zero-order valence-corrected chi connectivity index (χ0v) is 13.2. The van der Waals surface area contributed by atoms with Crippen LogP contribution < -0.4 is 5.32 Å². The molecule has 0 radical (unpaired) electrons. The lowest BCUT2D eigenvalue weighted by Crippen LogP contribution is -2.48. The molecule has 6 nitrogen and oxygen atoms in total. The number of morpholine rings is 1. The molecule has 1 aliphatic heterocycles. The smallest absolute Gasteiger partial charge is 0.224 e. The number of nitrogens with zero attached hydrogens (tertiary/aromatic N) is 3. The number of amides is 1. The minimum absolute atomic E-state index is 0.109. The Labute approximate surface area is 125 Å². The zero-order valence-electron chi connectivity index (χ0n) is 13.2. The Morgan fingerprint density at radius 2 is 2.00 bits per heavy atom. The van der Waals surface area contributed by atoms with Gasteiger partial charge < -0.3 is 15.0 Å². The molecule has 1 fully saturated rings. The quantitative estimate of drug-likeness (QED) is 0.911. The summed E-state index contributed by atoms with van der Waals surface area (Å²) in [6.07, 6.45) is 0.678. The van der Waals surface area contributed by atoms with Crippen LogP contribution in [0.1, 0.15) is 31.8 Å². The molecule has 0 aromatic carbocycles. The van der Waals surface area contributed by atoms with E-state index in [1.165, 1.54) is 0 Å². The summed E-state index contributed by atoms with van der Waals surface area (Å²) in [5, 5.41) is 3.19. The second-order valence-corrected chi connectivity index (χ2v) is 5.67. The third-order valence-corrected chi connectivity index (χ3v) is 3.38. The summed E-state index contributed by atoms with van der Waals surface area (Å²) in [5.74, 6) is 1.67. The summed E-state index contributed by atoms with van der Waals surface area (Å²) in [4.78, 5) is 22.6. The van der Waals surface area contributed by atoms with Crippen LogP contribution >= 0.6 is 0 Å². The van der Waals surface area contributed by atoms with Crippen molar-refractivity contribution in [3.63, 3.8) is 0 Å². The maximum atomic E-state index is 12.2. The molecule has 2 rings (SSSR count). The van der Waals surface area contributed by atoms with Crippen molar-refractivity contribution in [2.75, 3.05) is 25.0 Å². The van der Waals surface area contributed by atoms with Gasteiger partial charge >= 0.3 is 0 Å². The van der Waals surface area contributed by atoms with Gasteiger partial charge in [0.25, 0.3) is 0 Å². The zero-order chi connectivity index (χ0) is 15.4. The van der Waals surface area contributed by atoms with E-state index in [1.54, 1.807) is 0 Å². The number of nitrogens with one attached hydrogen (secondary N) is 1. The van der Waals surface area contributed by atoms with Gasteiger partial charge in [0.2, 0.25) is 5.91 Å². The molecular formula is C15H24N4O2. The summed E-state index contributed by atoms with van der Waals surface area (Å²) in [5.41, 5.74) is 0.923. The molecule has 1 N–H and O–H groups in total. The van der Waals surface area contributed by atoms with Crippen molar-refractivity contribution in [2.45, 2.75) is 46.3 Å². The van der Waals surface area contributed by atoms with Gasteiger partial charge in [0.1, 0.15) is 11.6 Å². The molecule has 0 saturated carbocycles. The van der Waals surface area contributed by atoms with Crippen LogP contribution in [0.4, 0.5) is 5.82 Å². The van der Waals surface area contributed by atoms with Crippen LogP contribution in [0.15, 0.2) is 6.07 Å². The summed E-state index contributed by atoms with van der Waals surface area (Å²) < 4.78 is 5.64. The predicted molar refractivity (Wildman–Crippen MR) is 81.2 cm³/mol. The van der Waals surface area contributed by atoms with Gasteiger partial charge in [-0.1, -0.05) is 0 Å². The van der Waals surface area contributed by atoms with Gasteiger partial charge in [0, 0.05) is 37.8 Å². The Balaban J connectivity index is 1.81. The highest BCUT2D eigenvalue weighted by Gasteiger charge is 2.25. The molecule has 1 saturated heterocycles. The lowest BCUT2D eigenvalue weighted by molar-refractivity contribution is -0.142. The van der Waals surface area contributed by atoms with Gasteiger partial charge in [-0.15, -0.1) is 0 Å². The summed E-state index contributed by atoms with van der Waals surface area (Å²) in [6.45, 7) is 9.72. The van der Waals surface area contributed by atoms with Crippen LogP contribution in [0.2, 0.25) is 0 Å². The van der Waals surface area contributed by atoms with Crippen molar-refractivity contribution in [1.29, 1.82) is 0 Å². The molecule has 6 heteroatoms. The monoisotopic (exact) mass is 292 g/mol. The molecule has 1 aromatic heterocycles. The third-order valence-electron chi connectivity index (χ3n) is 3.38.